The highest BCUT2D eigenvalue weighted by Crippen LogP contribution is 2.25. The first-order chi connectivity index (χ1) is 6.42. The van der Waals surface area contributed by atoms with Crippen molar-refractivity contribution in [1.82, 2.24) is 10.6 Å². The van der Waals surface area contributed by atoms with E-state index in [1.54, 1.807) is 0 Å². The van der Waals surface area contributed by atoms with Crippen LogP contribution in [0.25, 0.3) is 0 Å². The molecule has 2 heterocycles. The molecule has 2 nitrogen and oxygen atoms in total. The molecule has 3 heteroatoms. The number of likely N-dealkylation sites (N-methyl/N-ethyl adjacent to an activating group) is 1. The van der Waals surface area contributed by atoms with Crippen LogP contribution in [0, 0.1) is 0 Å². The van der Waals surface area contributed by atoms with Gasteiger partial charge in [-0.1, -0.05) is 6.07 Å². The molecule has 0 aromatic carbocycles. The van der Waals surface area contributed by atoms with E-state index in [1.165, 1.54) is 24.3 Å². The van der Waals surface area contributed by atoms with E-state index >= 15 is 0 Å². The van der Waals surface area contributed by atoms with Crippen LogP contribution in [0.2, 0.25) is 0 Å². The van der Waals surface area contributed by atoms with E-state index in [0.717, 1.165) is 0 Å². The van der Waals surface area contributed by atoms with Crippen molar-refractivity contribution in [1.29, 1.82) is 0 Å². The van der Waals surface area contributed by atoms with Crippen LogP contribution in [0.15, 0.2) is 17.5 Å². The fourth-order valence-electron chi connectivity index (χ4n) is 2.01. The molecule has 0 bridgehead atoms. The Labute approximate surface area is 83.4 Å². The maximum absolute atomic E-state index is 3.54. The van der Waals surface area contributed by atoms with Crippen molar-refractivity contribution in [3.05, 3.63) is 22.4 Å². The summed E-state index contributed by atoms with van der Waals surface area (Å²) in [6.07, 6.45) is 2.61. The summed E-state index contributed by atoms with van der Waals surface area (Å²) in [6, 6.07) is 5.47. The number of nitrogens with one attached hydrogen (secondary N) is 2. The summed E-state index contributed by atoms with van der Waals surface area (Å²) in [4.78, 5) is 1.45. The van der Waals surface area contributed by atoms with E-state index < -0.39 is 0 Å². The highest BCUT2D eigenvalue weighted by molar-refractivity contribution is 7.10. The Morgan fingerprint density at radius 2 is 2.62 bits per heavy atom. The quantitative estimate of drug-likeness (QED) is 0.770. The first-order valence-electron chi connectivity index (χ1n) is 4.86. The van der Waals surface area contributed by atoms with Gasteiger partial charge < -0.3 is 10.6 Å². The van der Waals surface area contributed by atoms with Gasteiger partial charge in [-0.3, -0.25) is 0 Å². The second-order valence-corrected chi connectivity index (χ2v) is 4.46. The summed E-state index contributed by atoms with van der Waals surface area (Å²) in [6.45, 7) is 1.17. The lowest BCUT2D eigenvalue weighted by atomic mass is 10.1. The molecule has 0 amide bonds. The third-order valence-electron chi connectivity index (χ3n) is 2.66. The van der Waals surface area contributed by atoms with E-state index in [4.69, 9.17) is 0 Å². The summed E-state index contributed by atoms with van der Waals surface area (Å²) in [5.41, 5.74) is 0. The monoisotopic (exact) mass is 196 g/mol. The third-order valence-corrected chi connectivity index (χ3v) is 3.62. The molecule has 1 saturated heterocycles. The van der Waals surface area contributed by atoms with Crippen LogP contribution in [0.1, 0.15) is 23.8 Å². The van der Waals surface area contributed by atoms with Crippen molar-refractivity contribution < 1.29 is 0 Å². The highest BCUT2D eigenvalue weighted by atomic mass is 32.1. The molecule has 1 fully saturated rings. The normalized spacial score (nSPS) is 24.8. The molecule has 0 aliphatic carbocycles. The van der Waals surface area contributed by atoms with Crippen LogP contribution in [0.4, 0.5) is 0 Å². The molecule has 0 spiro atoms. The van der Waals surface area contributed by atoms with Gasteiger partial charge in [0.25, 0.3) is 0 Å². The van der Waals surface area contributed by atoms with Gasteiger partial charge in [0.1, 0.15) is 0 Å². The summed E-state index contributed by atoms with van der Waals surface area (Å²) in [5, 5.41) is 9.08. The number of hydrogen-bond acceptors (Lipinski definition) is 3. The Balaban J connectivity index is 2.08. The van der Waals surface area contributed by atoms with Crippen molar-refractivity contribution in [2.75, 3.05) is 13.6 Å². The highest BCUT2D eigenvalue weighted by Gasteiger charge is 2.24. The minimum absolute atomic E-state index is 0.502. The lowest BCUT2D eigenvalue weighted by Gasteiger charge is -2.21. The Bertz CT molecular complexity index is 239. The minimum atomic E-state index is 0.502. The lowest BCUT2D eigenvalue weighted by molar-refractivity contribution is 0.446. The fourth-order valence-corrected chi connectivity index (χ4v) is 2.91. The van der Waals surface area contributed by atoms with E-state index in [2.05, 4.69) is 28.1 Å². The van der Waals surface area contributed by atoms with Gasteiger partial charge in [-0.05, 0) is 37.9 Å². The van der Waals surface area contributed by atoms with Crippen LogP contribution in [0.5, 0.6) is 0 Å². The zero-order valence-electron chi connectivity index (χ0n) is 7.92. The molecule has 1 aromatic rings. The lowest BCUT2D eigenvalue weighted by Crippen LogP contribution is -2.35. The molecule has 2 unspecified atom stereocenters. The Morgan fingerprint density at radius 3 is 3.15 bits per heavy atom. The topological polar surface area (TPSA) is 24.1 Å². The standard InChI is InChI=1S/C10H16N2S/c1-11-10(8-4-2-6-12-8)9-5-3-7-13-9/h3,5,7-8,10-12H,2,4,6H2,1H3. The van der Waals surface area contributed by atoms with Gasteiger partial charge >= 0.3 is 0 Å². The summed E-state index contributed by atoms with van der Waals surface area (Å²) in [5.74, 6) is 0. The fraction of sp³-hybridized carbons (Fsp3) is 0.600. The van der Waals surface area contributed by atoms with Gasteiger partial charge in [0.05, 0.1) is 6.04 Å². The predicted molar refractivity (Wildman–Crippen MR) is 57.1 cm³/mol. The number of thiophene rings is 1. The Hall–Kier alpha value is -0.380. The predicted octanol–water partition coefficient (Wildman–Crippen LogP) is 1.76. The molecular weight excluding hydrogens is 180 g/mol. The van der Waals surface area contributed by atoms with Gasteiger partial charge in [0.2, 0.25) is 0 Å². The smallest absolute Gasteiger partial charge is 0.0568 e. The van der Waals surface area contributed by atoms with Crippen LogP contribution in [-0.2, 0) is 0 Å². The first kappa shape index (κ1) is 9.19. The molecule has 13 heavy (non-hydrogen) atoms. The van der Waals surface area contributed by atoms with Crippen molar-refractivity contribution in [3.63, 3.8) is 0 Å². The van der Waals surface area contributed by atoms with Crippen molar-refractivity contribution in [2.24, 2.45) is 0 Å². The zero-order chi connectivity index (χ0) is 9.10. The van der Waals surface area contributed by atoms with Crippen LogP contribution in [-0.4, -0.2) is 19.6 Å². The second-order valence-electron chi connectivity index (χ2n) is 3.48. The molecule has 72 valence electrons. The summed E-state index contributed by atoms with van der Waals surface area (Å²) in [7, 11) is 2.05. The van der Waals surface area contributed by atoms with Crippen LogP contribution < -0.4 is 10.6 Å². The zero-order valence-corrected chi connectivity index (χ0v) is 8.73. The molecule has 1 aliphatic rings. The molecule has 1 aromatic heterocycles. The van der Waals surface area contributed by atoms with Crippen molar-refractivity contribution in [2.45, 2.75) is 24.9 Å². The van der Waals surface area contributed by atoms with E-state index in [-0.39, 0.29) is 0 Å². The average molecular weight is 196 g/mol. The largest absolute Gasteiger partial charge is 0.312 e. The Morgan fingerprint density at radius 1 is 1.69 bits per heavy atom. The van der Waals surface area contributed by atoms with Crippen LogP contribution in [0.3, 0.4) is 0 Å². The van der Waals surface area contributed by atoms with Gasteiger partial charge in [-0.15, -0.1) is 11.3 Å². The Kier molecular flexibility index (Phi) is 2.98. The molecule has 0 saturated carbocycles. The molecule has 2 N–H and O–H groups in total. The van der Waals surface area contributed by atoms with Crippen molar-refractivity contribution >= 4 is 11.3 Å². The number of rotatable bonds is 3. The van der Waals surface area contributed by atoms with Crippen molar-refractivity contribution in [3.8, 4) is 0 Å². The van der Waals surface area contributed by atoms with Gasteiger partial charge in [-0.25, -0.2) is 0 Å². The van der Waals surface area contributed by atoms with Gasteiger partial charge in [0.15, 0.2) is 0 Å². The average Bonchev–Trinajstić information content (AvgIpc) is 2.76. The first-order valence-corrected chi connectivity index (χ1v) is 5.74. The summed E-state index contributed by atoms with van der Waals surface area (Å²) < 4.78 is 0. The maximum Gasteiger partial charge on any atom is 0.0568 e. The molecule has 0 radical (unpaired) electrons. The van der Waals surface area contributed by atoms with E-state index in [1.807, 2.05) is 18.4 Å². The summed E-state index contributed by atoms with van der Waals surface area (Å²) >= 11 is 1.84. The van der Waals surface area contributed by atoms with E-state index in [9.17, 15) is 0 Å². The molecule has 1 aliphatic heterocycles. The van der Waals surface area contributed by atoms with Gasteiger partial charge in [0, 0.05) is 10.9 Å². The maximum atomic E-state index is 3.54. The molecule has 2 atom stereocenters. The van der Waals surface area contributed by atoms with Crippen LogP contribution >= 0.6 is 11.3 Å². The molecule has 2 rings (SSSR count). The second kappa shape index (κ2) is 4.22. The minimum Gasteiger partial charge on any atom is -0.312 e. The number of hydrogen-bond donors (Lipinski definition) is 2. The SMILES string of the molecule is CNC(c1cccs1)C1CCCN1. The van der Waals surface area contributed by atoms with Gasteiger partial charge in [-0.2, -0.15) is 0 Å². The third kappa shape index (κ3) is 1.93. The molecular formula is C10H16N2S. The van der Waals surface area contributed by atoms with E-state index in [0.29, 0.717) is 12.1 Å².